The van der Waals surface area contributed by atoms with Crippen LogP contribution in [0.15, 0.2) is 76.9 Å². The lowest BCUT2D eigenvalue weighted by molar-refractivity contribution is -0.385. The van der Waals surface area contributed by atoms with Gasteiger partial charge in [-0.05, 0) is 18.2 Å². The molecule has 1 N–H and O–H groups in total. The predicted octanol–water partition coefficient (Wildman–Crippen LogP) is 3.72. The second-order valence-electron chi connectivity index (χ2n) is 7.13. The number of para-hydroxylation sites is 1. The van der Waals surface area contributed by atoms with Gasteiger partial charge in [-0.25, -0.2) is 0 Å². The molecule has 2 aromatic carbocycles. The Morgan fingerprint density at radius 1 is 1.00 bits per heavy atom. The second-order valence-corrected chi connectivity index (χ2v) is 7.13. The molecule has 1 aliphatic rings. The standard InChI is InChI=1S/C22H15N3O8/c26-20(13-5-3-6-14(11-13)24(29)30)18-19(16-8-1-2-9-17(16)25(31)32)23(22(28)21(18)27)12-15-7-4-10-33-15/h1-11,19,26H,12H2/b20-18-. The minimum absolute atomic E-state index is 0.000219. The quantitative estimate of drug-likeness (QED) is 0.196. The van der Waals surface area contributed by atoms with E-state index in [4.69, 9.17) is 4.42 Å². The van der Waals surface area contributed by atoms with Crippen molar-refractivity contribution < 1.29 is 29.0 Å². The normalized spacial score (nSPS) is 17.3. The summed E-state index contributed by atoms with van der Waals surface area (Å²) in [6.07, 6.45) is 1.37. The van der Waals surface area contributed by atoms with Crippen LogP contribution in [0, 0.1) is 20.2 Å². The molecule has 1 unspecified atom stereocenters. The number of ketones is 1. The van der Waals surface area contributed by atoms with Gasteiger partial charge in [0.1, 0.15) is 11.5 Å². The number of hydrogen-bond donors (Lipinski definition) is 1. The maximum absolute atomic E-state index is 13.0. The molecule has 11 nitrogen and oxygen atoms in total. The maximum Gasteiger partial charge on any atom is 0.296 e. The minimum atomic E-state index is -1.32. The Morgan fingerprint density at radius 2 is 1.76 bits per heavy atom. The lowest BCUT2D eigenvalue weighted by Gasteiger charge is -2.24. The number of rotatable bonds is 6. The Morgan fingerprint density at radius 3 is 2.42 bits per heavy atom. The van der Waals surface area contributed by atoms with Gasteiger partial charge in [0.15, 0.2) is 0 Å². The van der Waals surface area contributed by atoms with Gasteiger partial charge in [-0.15, -0.1) is 0 Å². The summed E-state index contributed by atoms with van der Waals surface area (Å²) in [4.78, 5) is 48.5. The first-order chi connectivity index (χ1) is 15.8. The fourth-order valence-electron chi connectivity index (χ4n) is 3.74. The van der Waals surface area contributed by atoms with Crippen LogP contribution in [0.5, 0.6) is 0 Å². The van der Waals surface area contributed by atoms with Crippen molar-refractivity contribution in [2.75, 3.05) is 0 Å². The average Bonchev–Trinajstić information content (AvgIpc) is 3.41. The highest BCUT2D eigenvalue weighted by Gasteiger charge is 2.48. The number of nitrogens with zero attached hydrogens (tertiary/aromatic N) is 3. The summed E-state index contributed by atoms with van der Waals surface area (Å²) in [5.41, 5.74) is -1.20. The number of Topliss-reactive ketones (excluding diaryl/α,β-unsaturated/α-hetero) is 1. The van der Waals surface area contributed by atoms with E-state index < -0.39 is 38.9 Å². The van der Waals surface area contributed by atoms with Crippen LogP contribution in [-0.4, -0.2) is 31.5 Å². The third-order valence-corrected chi connectivity index (χ3v) is 5.20. The number of benzene rings is 2. The highest BCUT2D eigenvalue weighted by Crippen LogP contribution is 2.43. The van der Waals surface area contributed by atoms with Gasteiger partial charge in [0.2, 0.25) is 0 Å². The first-order valence-electron chi connectivity index (χ1n) is 9.58. The molecule has 11 heteroatoms. The summed E-state index contributed by atoms with van der Waals surface area (Å²) in [7, 11) is 0. The van der Waals surface area contributed by atoms with E-state index in [9.17, 15) is 34.9 Å². The van der Waals surface area contributed by atoms with Gasteiger partial charge < -0.3 is 14.4 Å². The maximum atomic E-state index is 13.0. The van der Waals surface area contributed by atoms with Crippen LogP contribution < -0.4 is 0 Å². The van der Waals surface area contributed by atoms with E-state index in [-0.39, 0.29) is 29.0 Å². The molecule has 166 valence electrons. The van der Waals surface area contributed by atoms with Gasteiger partial charge in [0.05, 0.1) is 39.8 Å². The van der Waals surface area contributed by atoms with Crippen molar-refractivity contribution in [3.8, 4) is 0 Å². The largest absolute Gasteiger partial charge is 0.507 e. The molecule has 0 spiro atoms. The molecule has 0 radical (unpaired) electrons. The number of carbonyl (C=O) groups is 2. The fraction of sp³-hybridized carbons (Fsp3) is 0.0909. The molecule has 1 aliphatic heterocycles. The molecule has 2 heterocycles. The van der Waals surface area contributed by atoms with Gasteiger partial charge >= 0.3 is 0 Å². The molecule has 0 bridgehead atoms. The van der Waals surface area contributed by atoms with Crippen LogP contribution >= 0.6 is 0 Å². The zero-order valence-electron chi connectivity index (χ0n) is 16.8. The molecular weight excluding hydrogens is 434 g/mol. The summed E-state index contributed by atoms with van der Waals surface area (Å²) >= 11 is 0. The number of nitro groups is 2. The monoisotopic (exact) mass is 449 g/mol. The van der Waals surface area contributed by atoms with E-state index in [1.54, 1.807) is 12.1 Å². The molecule has 1 saturated heterocycles. The Bertz CT molecular complexity index is 1310. The molecule has 33 heavy (non-hydrogen) atoms. The van der Waals surface area contributed by atoms with Crippen molar-refractivity contribution in [3.05, 3.63) is 110 Å². The number of non-ortho nitro benzene ring substituents is 1. The second kappa shape index (κ2) is 8.38. The van der Waals surface area contributed by atoms with Crippen LogP contribution in [0.2, 0.25) is 0 Å². The van der Waals surface area contributed by atoms with Crippen LogP contribution in [-0.2, 0) is 16.1 Å². The van der Waals surface area contributed by atoms with Crippen LogP contribution in [0.1, 0.15) is 22.9 Å². The third kappa shape index (κ3) is 3.82. The third-order valence-electron chi connectivity index (χ3n) is 5.20. The summed E-state index contributed by atoms with van der Waals surface area (Å²) < 4.78 is 5.27. The van der Waals surface area contributed by atoms with Crippen molar-refractivity contribution in [1.82, 2.24) is 4.90 Å². The molecule has 4 rings (SSSR count). The molecule has 1 aromatic heterocycles. The smallest absolute Gasteiger partial charge is 0.296 e. The number of carbonyl (C=O) groups excluding carboxylic acids is 2. The number of aliphatic hydroxyl groups is 1. The fourth-order valence-corrected chi connectivity index (χ4v) is 3.74. The van der Waals surface area contributed by atoms with Crippen LogP contribution in [0.25, 0.3) is 5.76 Å². The highest BCUT2D eigenvalue weighted by atomic mass is 16.6. The zero-order valence-corrected chi connectivity index (χ0v) is 16.8. The lowest BCUT2D eigenvalue weighted by atomic mass is 9.94. The van der Waals surface area contributed by atoms with Gasteiger partial charge in [0.25, 0.3) is 23.1 Å². The van der Waals surface area contributed by atoms with E-state index >= 15 is 0 Å². The zero-order chi connectivity index (χ0) is 23.7. The predicted molar refractivity (Wildman–Crippen MR) is 113 cm³/mol. The Balaban J connectivity index is 1.94. The van der Waals surface area contributed by atoms with Crippen molar-refractivity contribution in [2.45, 2.75) is 12.6 Å². The topological polar surface area (TPSA) is 157 Å². The first kappa shape index (κ1) is 21.4. The number of likely N-dealkylation sites (tertiary alicyclic amines) is 1. The molecule has 1 amide bonds. The van der Waals surface area contributed by atoms with Crippen molar-refractivity contribution in [2.24, 2.45) is 0 Å². The van der Waals surface area contributed by atoms with E-state index in [1.165, 1.54) is 48.7 Å². The van der Waals surface area contributed by atoms with E-state index in [0.717, 1.165) is 11.0 Å². The molecule has 1 atom stereocenters. The first-order valence-corrected chi connectivity index (χ1v) is 9.58. The van der Waals surface area contributed by atoms with Crippen molar-refractivity contribution >= 4 is 28.8 Å². The van der Waals surface area contributed by atoms with E-state index in [1.807, 2.05) is 0 Å². The van der Waals surface area contributed by atoms with Crippen LogP contribution in [0.3, 0.4) is 0 Å². The highest BCUT2D eigenvalue weighted by molar-refractivity contribution is 6.46. The lowest BCUT2D eigenvalue weighted by Crippen LogP contribution is -2.29. The van der Waals surface area contributed by atoms with Gasteiger partial charge in [0, 0.05) is 23.8 Å². The Labute approximate surface area is 185 Å². The van der Waals surface area contributed by atoms with E-state index in [2.05, 4.69) is 0 Å². The number of amides is 1. The van der Waals surface area contributed by atoms with Gasteiger partial charge in [-0.2, -0.15) is 0 Å². The molecular formula is C22H15N3O8. The number of aliphatic hydroxyl groups excluding tert-OH is 1. The molecule has 0 aliphatic carbocycles. The van der Waals surface area contributed by atoms with Crippen molar-refractivity contribution in [3.63, 3.8) is 0 Å². The average molecular weight is 449 g/mol. The summed E-state index contributed by atoms with van der Waals surface area (Å²) in [6, 6.07) is 12.2. The summed E-state index contributed by atoms with van der Waals surface area (Å²) in [5, 5.41) is 33.8. The summed E-state index contributed by atoms with van der Waals surface area (Å²) in [6.45, 7) is -0.194. The van der Waals surface area contributed by atoms with Gasteiger partial charge in [-0.1, -0.05) is 24.3 Å². The Hall–Kier alpha value is -4.80. The SMILES string of the molecule is O=C1C(=O)N(Cc2ccco2)C(c2ccccc2[N+](=O)[O-])/C1=C(/O)c1cccc([N+](=O)[O-])c1. The van der Waals surface area contributed by atoms with E-state index in [0.29, 0.717) is 5.76 Å². The molecule has 3 aromatic rings. The van der Waals surface area contributed by atoms with Crippen LogP contribution in [0.4, 0.5) is 11.4 Å². The number of hydrogen-bond acceptors (Lipinski definition) is 8. The number of furan rings is 1. The minimum Gasteiger partial charge on any atom is -0.507 e. The van der Waals surface area contributed by atoms with Crippen molar-refractivity contribution in [1.29, 1.82) is 0 Å². The Kier molecular flexibility index (Phi) is 5.44. The molecule has 1 fully saturated rings. The van der Waals surface area contributed by atoms with Gasteiger partial charge in [-0.3, -0.25) is 29.8 Å². The summed E-state index contributed by atoms with van der Waals surface area (Å²) in [5.74, 6) is -2.44. The number of nitro benzene ring substituents is 2. The molecule has 0 saturated carbocycles.